The molecule has 0 aliphatic rings. The molecule has 26 heavy (non-hydrogen) atoms. The molecule has 7 nitrogen and oxygen atoms in total. The van der Waals surface area contributed by atoms with Gasteiger partial charge >= 0.3 is 0 Å². The fourth-order valence-corrected chi connectivity index (χ4v) is 2.62. The molecule has 2 aromatic heterocycles. The van der Waals surface area contributed by atoms with E-state index in [2.05, 4.69) is 30.8 Å². The number of halogens is 1. The summed E-state index contributed by atoms with van der Waals surface area (Å²) in [5, 5.41) is 14.3. The van der Waals surface area contributed by atoms with Crippen molar-refractivity contribution in [3.8, 4) is 11.6 Å². The second-order valence-corrected chi connectivity index (χ2v) is 5.95. The minimum absolute atomic E-state index is 0.384. The van der Waals surface area contributed by atoms with Crippen LogP contribution in [0.25, 0.3) is 11.6 Å². The number of guanidine groups is 1. The SMILES string of the molecule is CCNC(=NCc1nc(-c2ccco2)n[nH]1)NCCc1ccccc1Cl. The monoisotopic (exact) mass is 372 g/mol. The number of furan rings is 1. The van der Waals surface area contributed by atoms with Crippen molar-refractivity contribution in [3.63, 3.8) is 0 Å². The first kappa shape index (κ1) is 18.0. The van der Waals surface area contributed by atoms with Crippen LogP contribution >= 0.6 is 11.6 Å². The number of nitrogens with zero attached hydrogens (tertiary/aromatic N) is 3. The molecule has 0 bridgehead atoms. The summed E-state index contributed by atoms with van der Waals surface area (Å²) in [5.41, 5.74) is 1.11. The summed E-state index contributed by atoms with van der Waals surface area (Å²) in [5.74, 6) is 2.54. The van der Waals surface area contributed by atoms with Gasteiger partial charge in [-0.25, -0.2) is 9.98 Å². The molecule has 1 aromatic carbocycles. The minimum atomic E-state index is 0.384. The fourth-order valence-electron chi connectivity index (χ4n) is 2.39. The number of rotatable bonds is 7. The molecule has 2 heterocycles. The van der Waals surface area contributed by atoms with Gasteiger partial charge in [-0.3, -0.25) is 5.10 Å². The number of aliphatic imine (C=N–C) groups is 1. The first-order valence-corrected chi connectivity index (χ1v) is 8.85. The molecule has 0 aliphatic heterocycles. The van der Waals surface area contributed by atoms with E-state index in [1.807, 2.05) is 37.3 Å². The highest BCUT2D eigenvalue weighted by atomic mass is 35.5. The van der Waals surface area contributed by atoms with Crippen LogP contribution in [0.4, 0.5) is 0 Å². The highest BCUT2D eigenvalue weighted by Gasteiger charge is 2.08. The summed E-state index contributed by atoms with van der Waals surface area (Å²) in [6, 6.07) is 11.5. The number of H-pyrrole nitrogens is 1. The van der Waals surface area contributed by atoms with Gasteiger partial charge in [0.1, 0.15) is 12.4 Å². The second-order valence-electron chi connectivity index (χ2n) is 5.55. The van der Waals surface area contributed by atoms with E-state index < -0.39 is 0 Å². The topological polar surface area (TPSA) is 91.1 Å². The third-order valence-electron chi connectivity index (χ3n) is 3.65. The van der Waals surface area contributed by atoms with E-state index in [4.69, 9.17) is 16.0 Å². The third-order valence-corrected chi connectivity index (χ3v) is 4.02. The number of aromatic nitrogens is 3. The maximum atomic E-state index is 6.19. The minimum Gasteiger partial charge on any atom is -0.461 e. The van der Waals surface area contributed by atoms with E-state index in [1.165, 1.54) is 0 Å². The number of benzene rings is 1. The molecule has 3 aromatic rings. The van der Waals surface area contributed by atoms with Crippen LogP contribution in [0.3, 0.4) is 0 Å². The average molecular weight is 373 g/mol. The highest BCUT2D eigenvalue weighted by molar-refractivity contribution is 6.31. The summed E-state index contributed by atoms with van der Waals surface area (Å²) >= 11 is 6.19. The van der Waals surface area contributed by atoms with Gasteiger partial charge in [0.15, 0.2) is 11.7 Å². The van der Waals surface area contributed by atoms with Gasteiger partial charge in [-0.2, -0.15) is 0 Å². The van der Waals surface area contributed by atoms with Crippen LogP contribution in [0.15, 0.2) is 52.1 Å². The van der Waals surface area contributed by atoms with Gasteiger partial charge in [-0.1, -0.05) is 29.8 Å². The first-order valence-electron chi connectivity index (χ1n) is 8.47. The van der Waals surface area contributed by atoms with Crippen LogP contribution in [-0.4, -0.2) is 34.2 Å². The molecule has 0 saturated heterocycles. The molecule has 0 unspecified atom stereocenters. The van der Waals surface area contributed by atoms with E-state index in [1.54, 1.807) is 12.3 Å². The van der Waals surface area contributed by atoms with E-state index in [-0.39, 0.29) is 0 Å². The molecule has 0 amide bonds. The number of hydrogen-bond donors (Lipinski definition) is 3. The summed E-state index contributed by atoms with van der Waals surface area (Å²) < 4.78 is 5.29. The molecule has 0 spiro atoms. The van der Waals surface area contributed by atoms with E-state index in [0.717, 1.165) is 36.1 Å². The van der Waals surface area contributed by atoms with Crippen LogP contribution in [0.1, 0.15) is 18.3 Å². The van der Waals surface area contributed by atoms with Gasteiger partial charge in [-0.05, 0) is 37.1 Å². The van der Waals surface area contributed by atoms with Gasteiger partial charge in [0, 0.05) is 18.1 Å². The third kappa shape index (κ3) is 4.86. The summed E-state index contributed by atoms with van der Waals surface area (Å²) in [6.45, 7) is 3.90. The number of hydrogen-bond acceptors (Lipinski definition) is 4. The van der Waals surface area contributed by atoms with Crippen molar-refractivity contribution in [1.29, 1.82) is 0 Å². The average Bonchev–Trinajstić information content (AvgIpc) is 3.33. The van der Waals surface area contributed by atoms with Crippen LogP contribution in [0.2, 0.25) is 5.02 Å². The maximum absolute atomic E-state index is 6.19. The quantitative estimate of drug-likeness (QED) is 0.438. The van der Waals surface area contributed by atoms with Gasteiger partial charge in [-0.15, -0.1) is 5.10 Å². The molecule has 3 rings (SSSR count). The molecule has 136 valence electrons. The normalized spacial score (nSPS) is 11.5. The van der Waals surface area contributed by atoms with Gasteiger partial charge in [0.25, 0.3) is 0 Å². The molecule has 0 radical (unpaired) electrons. The zero-order chi connectivity index (χ0) is 18.2. The molecule has 0 atom stereocenters. The Morgan fingerprint density at radius 2 is 2.12 bits per heavy atom. The summed E-state index contributed by atoms with van der Waals surface area (Å²) in [6.07, 6.45) is 2.41. The molecule has 8 heteroatoms. The van der Waals surface area contributed by atoms with Crippen molar-refractivity contribution in [2.75, 3.05) is 13.1 Å². The Morgan fingerprint density at radius 3 is 2.88 bits per heavy atom. The van der Waals surface area contributed by atoms with E-state index in [9.17, 15) is 0 Å². The lowest BCUT2D eigenvalue weighted by Gasteiger charge is -2.11. The van der Waals surface area contributed by atoms with Gasteiger partial charge in [0.2, 0.25) is 5.82 Å². The van der Waals surface area contributed by atoms with Crippen LogP contribution in [0.5, 0.6) is 0 Å². The smallest absolute Gasteiger partial charge is 0.216 e. The zero-order valence-electron chi connectivity index (χ0n) is 14.5. The molecular weight excluding hydrogens is 352 g/mol. The molecule has 0 aliphatic carbocycles. The van der Waals surface area contributed by atoms with Crippen molar-refractivity contribution >= 4 is 17.6 Å². The van der Waals surface area contributed by atoms with Gasteiger partial charge in [0.05, 0.1) is 6.26 Å². The highest BCUT2D eigenvalue weighted by Crippen LogP contribution is 2.15. The van der Waals surface area contributed by atoms with Crippen LogP contribution < -0.4 is 10.6 Å². The predicted molar refractivity (Wildman–Crippen MR) is 102 cm³/mol. The van der Waals surface area contributed by atoms with Crippen LogP contribution in [-0.2, 0) is 13.0 Å². The fraction of sp³-hybridized carbons (Fsp3) is 0.278. The first-order chi connectivity index (χ1) is 12.8. The zero-order valence-corrected chi connectivity index (χ0v) is 15.3. The molecular formula is C18H21ClN6O. The van der Waals surface area contributed by atoms with Gasteiger partial charge < -0.3 is 15.1 Å². The van der Waals surface area contributed by atoms with Crippen molar-refractivity contribution in [3.05, 3.63) is 59.1 Å². The Balaban J connectivity index is 1.56. The van der Waals surface area contributed by atoms with Crippen LogP contribution in [0, 0.1) is 0 Å². The van der Waals surface area contributed by atoms with Crippen molar-refractivity contribution in [1.82, 2.24) is 25.8 Å². The van der Waals surface area contributed by atoms with E-state index in [0.29, 0.717) is 24.0 Å². The molecule has 0 saturated carbocycles. The lowest BCUT2D eigenvalue weighted by Crippen LogP contribution is -2.38. The Bertz CT molecular complexity index is 843. The number of nitrogens with one attached hydrogen (secondary N) is 3. The predicted octanol–water partition coefficient (Wildman–Crippen LogP) is 3.02. The summed E-state index contributed by atoms with van der Waals surface area (Å²) in [7, 11) is 0. The lowest BCUT2D eigenvalue weighted by molar-refractivity contribution is 0.577. The Kier molecular flexibility index (Phi) is 6.27. The standard InChI is InChI=1S/C18H21ClN6O/c1-2-20-18(21-10-9-13-6-3-4-7-14(13)19)22-12-16-23-17(25-24-16)15-8-5-11-26-15/h3-8,11H,2,9-10,12H2,1H3,(H2,20,21,22)(H,23,24,25). The Labute approximate surface area is 156 Å². The number of aromatic amines is 1. The molecule has 0 fully saturated rings. The lowest BCUT2D eigenvalue weighted by atomic mass is 10.1. The maximum Gasteiger partial charge on any atom is 0.216 e. The Hall–Kier alpha value is -2.80. The largest absolute Gasteiger partial charge is 0.461 e. The molecule has 3 N–H and O–H groups in total. The Morgan fingerprint density at radius 1 is 1.23 bits per heavy atom. The van der Waals surface area contributed by atoms with Crippen molar-refractivity contribution < 1.29 is 4.42 Å². The van der Waals surface area contributed by atoms with Crippen molar-refractivity contribution in [2.45, 2.75) is 19.9 Å². The summed E-state index contributed by atoms with van der Waals surface area (Å²) in [4.78, 5) is 8.91. The van der Waals surface area contributed by atoms with E-state index >= 15 is 0 Å². The van der Waals surface area contributed by atoms with Crippen molar-refractivity contribution in [2.24, 2.45) is 4.99 Å². The second kappa shape index (κ2) is 9.05.